The smallest absolute Gasteiger partial charge is 0.410 e. The maximum absolute atomic E-state index is 12.2. The van der Waals surface area contributed by atoms with Crippen LogP contribution in [0.3, 0.4) is 0 Å². The van der Waals surface area contributed by atoms with Crippen LogP contribution in [0.1, 0.15) is 176 Å². The number of hydrogen-bond acceptors (Lipinski definition) is 10. The molecule has 12 rings (SSSR count). The van der Waals surface area contributed by atoms with Gasteiger partial charge >= 0.3 is 12.2 Å². The van der Waals surface area contributed by atoms with Gasteiger partial charge in [-0.05, 0) is 205 Å². The fourth-order valence-electron chi connectivity index (χ4n) is 13.2. The summed E-state index contributed by atoms with van der Waals surface area (Å²) >= 11 is 9.25. The minimum Gasteiger partial charge on any atom is -0.490 e. The van der Waals surface area contributed by atoms with Crippen LogP contribution in [0.5, 0.6) is 11.5 Å². The number of aromatic nitrogens is 2. The maximum Gasteiger partial charge on any atom is 0.410 e. The van der Waals surface area contributed by atoms with Crippen LogP contribution in [0, 0.1) is 6.92 Å². The number of carbonyl (C=O) groups excluding carboxylic acids is 2. The van der Waals surface area contributed by atoms with Crippen molar-refractivity contribution in [1.29, 1.82) is 0 Å². The highest BCUT2D eigenvalue weighted by Crippen LogP contribution is 2.56. The van der Waals surface area contributed by atoms with Gasteiger partial charge in [0.2, 0.25) is 0 Å². The molecular formula is C65H91BrClN6O6P. The normalized spacial score (nSPS) is 24.6. The second-order valence-electron chi connectivity index (χ2n) is 25.6. The third-order valence-corrected chi connectivity index (χ3v) is 22.0. The molecule has 2 aliphatic carbocycles. The Morgan fingerprint density at radius 1 is 0.575 bits per heavy atom. The summed E-state index contributed by atoms with van der Waals surface area (Å²) in [5, 5.41) is 1.72. The number of anilines is 1. The van der Waals surface area contributed by atoms with E-state index >= 15 is 0 Å². The molecule has 0 N–H and O–H groups in total. The van der Waals surface area contributed by atoms with E-state index in [2.05, 4.69) is 92.3 Å². The molecule has 12 nitrogen and oxygen atoms in total. The van der Waals surface area contributed by atoms with Gasteiger partial charge in [0.15, 0.2) is 0 Å². The molecule has 6 saturated heterocycles. The highest BCUT2D eigenvalue weighted by molar-refractivity contribution is 9.10. The fraction of sp³-hybridized carbons (Fsp3) is 0.631. The maximum atomic E-state index is 12.2. The quantitative estimate of drug-likeness (QED) is 0.106. The number of rotatable bonds is 11. The van der Waals surface area contributed by atoms with Crippen LogP contribution in [0.15, 0.2) is 89.9 Å². The van der Waals surface area contributed by atoms with Crippen LogP contribution in [0.4, 0.5) is 15.3 Å². The number of pyridine rings is 2. The standard InChI is InChI=1S/C25H33P.C20H29N3O3.C14H19BrN2O3.C6H10ClN/c1-20-12-8-9-17-23(20)24-18-10-11-19-25(24)26(21-13-4-2-5-14-21)22-15-6-3-7-16-22;1-20(2,3)26-19(24)22-9-8-16(22)13-25-18-10-17(11-21-12-18)23-14-4-5-15(23)7-6-14;1-14(2,3)20-13(18)17-5-4-11(17)9-19-12-6-10(15)7-16-8-12;7-8-5-1-2-6(8)4-3-5/h8-12,17-19,21-22H,2-7,13-16H2,1H3;10-12,14-16H,4-9,13H2,1-3H3;6-8,11H,4-5,9H2,1-3H3;5-6H,1-4H2/t;14?,15?,16-;11-;/m.00./s1. The number of ether oxygens (including phenoxy) is 4. The number of amides is 2. The molecule has 4 aromatic rings. The molecule has 0 unspecified atom stereocenters. The zero-order valence-electron chi connectivity index (χ0n) is 49.0. The predicted molar refractivity (Wildman–Crippen MR) is 329 cm³/mol. The van der Waals surface area contributed by atoms with Crippen LogP contribution in [-0.4, -0.2) is 121 Å². The molecule has 8 fully saturated rings. The molecule has 0 spiro atoms. The van der Waals surface area contributed by atoms with Gasteiger partial charge in [-0.1, -0.05) is 95.0 Å². The average Bonchev–Trinajstić information content (AvgIpc) is 4.23. The molecule has 2 amide bonds. The largest absolute Gasteiger partial charge is 0.490 e. The van der Waals surface area contributed by atoms with E-state index in [1.54, 1.807) is 33.7 Å². The van der Waals surface area contributed by atoms with E-state index in [1.165, 1.54) is 138 Å². The number of fused-ring (bicyclic) bond motifs is 4. The van der Waals surface area contributed by atoms with E-state index in [0.29, 0.717) is 31.0 Å². The van der Waals surface area contributed by atoms with Crippen LogP contribution in [0.2, 0.25) is 0 Å². The molecule has 15 heteroatoms. The highest BCUT2D eigenvalue weighted by Gasteiger charge is 2.41. The van der Waals surface area contributed by atoms with E-state index in [-0.39, 0.29) is 32.2 Å². The van der Waals surface area contributed by atoms with Crippen LogP contribution in [0.25, 0.3) is 11.1 Å². The van der Waals surface area contributed by atoms with E-state index in [4.69, 9.17) is 30.7 Å². The van der Waals surface area contributed by atoms with Gasteiger partial charge in [0, 0.05) is 54.0 Å². The van der Waals surface area contributed by atoms with Gasteiger partial charge in [-0.15, -0.1) is 0 Å². The zero-order valence-corrected chi connectivity index (χ0v) is 52.2. The first-order valence-electron chi connectivity index (χ1n) is 30.4. The molecule has 2 atom stereocenters. The average molecular weight is 1200 g/mol. The third kappa shape index (κ3) is 16.1. The van der Waals surface area contributed by atoms with Crippen molar-refractivity contribution in [3.8, 4) is 22.6 Å². The van der Waals surface area contributed by atoms with Crippen molar-refractivity contribution in [2.75, 3.05) is 31.2 Å². The number of carbonyl (C=O) groups is 2. The lowest BCUT2D eigenvalue weighted by atomic mass is 9.99. The minimum absolute atomic E-state index is 0.0489. The lowest BCUT2D eigenvalue weighted by Gasteiger charge is -2.41. The molecule has 8 heterocycles. The van der Waals surface area contributed by atoms with Crippen LogP contribution >= 0.6 is 35.6 Å². The highest BCUT2D eigenvalue weighted by atomic mass is 79.9. The molecule has 0 radical (unpaired) electrons. The number of hydrogen-bond donors (Lipinski definition) is 0. The fourth-order valence-corrected chi connectivity index (χ4v) is 17.9. The van der Waals surface area contributed by atoms with Crippen molar-refractivity contribution in [1.82, 2.24) is 24.2 Å². The Kier molecular flexibility index (Phi) is 21.1. The summed E-state index contributed by atoms with van der Waals surface area (Å²) in [5.74, 6) is 1.47. The van der Waals surface area contributed by atoms with Crippen LogP contribution < -0.4 is 19.7 Å². The molecule has 6 aliphatic heterocycles. The molecule has 4 bridgehead atoms. The van der Waals surface area contributed by atoms with Crippen molar-refractivity contribution in [3.05, 3.63) is 95.5 Å². The second-order valence-corrected chi connectivity index (χ2v) is 29.6. The second kappa shape index (κ2) is 27.9. The number of aryl methyl sites for hydroxylation is 1. The Morgan fingerprint density at radius 3 is 1.46 bits per heavy atom. The predicted octanol–water partition coefficient (Wildman–Crippen LogP) is 16.0. The number of likely N-dealkylation sites (tertiary alicyclic amines) is 2. The Labute approximate surface area is 493 Å². The van der Waals surface area contributed by atoms with Gasteiger partial charge in [0.25, 0.3) is 0 Å². The first kappa shape index (κ1) is 60.4. The number of nitrogens with zero attached hydrogens (tertiary/aromatic N) is 6. The third-order valence-electron chi connectivity index (χ3n) is 17.5. The summed E-state index contributed by atoms with van der Waals surface area (Å²) in [5.41, 5.74) is 6.58. The van der Waals surface area contributed by atoms with Crippen LogP contribution in [-0.2, 0) is 9.47 Å². The molecule has 2 aromatic carbocycles. The Bertz CT molecular complexity index is 2580. The van der Waals surface area contributed by atoms with Gasteiger partial charge in [-0.2, -0.15) is 0 Å². The monoisotopic (exact) mass is 1200 g/mol. The molecule has 436 valence electrons. The molecule has 2 saturated carbocycles. The van der Waals surface area contributed by atoms with Gasteiger partial charge in [-0.25, -0.2) is 14.0 Å². The van der Waals surface area contributed by atoms with Crippen molar-refractivity contribution in [2.24, 2.45) is 0 Å². The van der Waals surface area contributed by atoms with E-state index in [0.717, 1.165) is 59.6 Å². The zero-order chi connectivity index (χ0) is 56.4. The van der Waals surface area contributed by atoms with Crippen molar-refractivity contribution in [3.63, 3.8) is 0 Å². The van der Waals surface area contributed by atoms with Gasteiger partial charge in [0.05, 0.1) is 36.4 Å². The molecule has 2 aromatic heterocycles. The Hall–Kier alpha value is -4.16. The SMILES string of the molecule is CC(C)(C)OC(=O)N1CC[C@H]1COc1cncc(Br)c1.CC(C)(C)OC(=O)N1CC[C@H]1COc1cncc(N2C3CCC2CC3)c1.Cc1ccccc1-c1ccccc1P(C1CCCCC1)C1CCCCC1.ClN1C2CCC1CC2. The summed E-state index contributed by atoms with van der Waals surface area (Å²) in [4.78, 5) is 38.5. The van der Waals surface area contributed by atoms with Crippen molar-refractivity contribution < 1.29 is 28.5 Å². The van der Waals surface area contributed by atoms with Crippen molar-refractivity contribution >= 4 is 58.8 Å². The van der Waals surface area contributed by atoms with Crippen molar-refractivity contribution in [2.45, 2.75) is 236 Å². The summed E-state index contributed by atoms with van der Waals surface area (Å²) in [6, 6.07) is 25.4. The summed E-state index contributed by atoms with van der Waals surface area (Å²) < 4.78 is 25.3. The van der Waals surface area contributed by atoms with E-state index in [9.17, 15) is 9.59 Å². The number of benzene rings is 2. The summed E-state index contributed by atoms with van der Waals surface area (Å²) in [6.45, 7) is 15.9. The Morgan fingerprint density at radius 2 is 1.02 bits per heavy atom. The number of halogens is 2. The molecule has 8 aliphatic rings. The summed E-state index contributed by atoms with van der Waals surface area (Å²) in [6.07, 6.45) is 33.6. The van der Waals surface area contributed by atoms with E-state index in [1.807, 2.05) is 58.2 Å². The first-order valence-corrected chi connectivity index (χ1v) is 33.1. The van der Waals surface area contributed by atoms with Gasteiger partial charge in [-0.3, -0.25) is 9.97 Å². The van der Waals surface area contributed by atoms with E-state index < -0.39 is 11.2 Å². The summed E-state index contributed by atoms with van der Waals surface area (Å²) in [7, 11) is -0.0489. The van der Waals surface area contributed by atoms with Gasteiger partial charge < -0.3 is 33.6 Å². The molecular weight excluding hydrogens is 1110 g/mol. The molecule has 80 heavy (non-hydrogen) atoms. The Balaban J connectivity index is 0.000000136. The lowest BCUT2D eigenvalue weighted by Crippen LogP contribution is -2.55. The minimum atomic E-state index is -0.467. The van der Waals surface area contributed by atoms with Gasteiger partial charge in [0.1, 0.15) is 35.9 Å². The lowest BCUT2D eigenvalue weighted by molar-refractivity contribution is -0.0149. The topological polar surface area (TPSA) is 110 Å². The first-order chi connectivity index (χ1) is 38.5.